The smallest absolute Gasteiger partial charge is 0.411 e. The van der Waals surface area contributed by atoms with Crippen LogP contribution in [-0.2, 0) is 4.74 Å². The first kappa shape index (κ1) is 13.2. The van der Waals surface area contributed by atoms with Crippen LogP contribution in [-0.4, -0.2) is 19.6 Å². The van der Waals surface area contributed by atoms with Gasteiger partial charge < -0.3 is 9.47 Å². The molecule has 0 amide bonds. The zero-order chi connectivity index (χ0) is 12.2. The van der Waals surface area contributed by atoms with Crippen LogP contribution >= 0.6 is 15.9 Å². The molecule has 0 aliphatic heterocycles. The van der Waals surface area contributed by atoms with E-state index in [0.29, 0.717) is 4.47 Å². The normalized spacial score (nSPS) is 11.6. The number of hydrogen-bond acceptors (Lipinski definition) is 2. The van der Waals surface area contributed by atoms with Crippen molar-refractivity contribution in [2.45, 2.75) is 6.18 Å². The van der Waals surface area contributed by atoms with Gasteiger partial charge in [0.25, 0.3) is 0 Å². The standard InChI is InChI=1S/C9H7BrF4O2/c10-7-2-1-6(11)3-8(7)16-5-15-4-9(12,13)14/h1-3H,4-5H2. The van der Waals surface area contributed by atoms with Crippen molar-refractivity contribution in [2.75, 3.05) is 13.4 Å². The lowest BCUT2D eigenvalue weighted by molar-refractivity contribution is -0.186. The summed E-state index contributed by atoms with van der Waals surface area (Å²) in [4.78, 5) is 0. The van der Waals surface area contributed by atoms with Gasteiger partial charge in [-0.05, 0) is 28.1 Å². The average Bonchev–Trinajstić information content (AvgIpc) is 2.16. The highest BCUT2D eigenvalue weighted by atomic mass is 79.9. The molecule has 0 atom stereocenters. The van der Waals surface area contributed by atoms with Crippen molar-refractivity contribution in [2.24, 2.45) is 0 Å². The van der Waals surface area contributed by atoms with Crippen molar-refractivity contribution in [3.8, 4) is 5.75 Å². The molecule has 0 bridgehead atoms. The summed E-state index contributed by atoms with van der Waals surface area (Å²) in [6.07, 6.45) is -4.40. The van der Waals surface area contributed by atoms with Gasteiger partial charge in [-0.25, -0.2) is 4.39 Å². The van der Waals surface area contributed by atoms with Crippen LogP contribution in [0.15, 0.2) is 22.7 Å². The third kappa shape index (κ3) is 4.80. The Morgan fingerprint density at radius 2 is 1.94 bits per heavy atom. The molecule has 7 heteroatoms. The highest BCUT2D eigenvalue weighted by Gasteiger charge is 2.27. The van der Waals surface area contributed by atoms with E-state index in [2.05, 4.69) is 20.7 Å². The van der Waals surface area contributed by atoms with E-state index in [1.54, 1.807) is 0 Å². The minimum atomic E-state index is -4.40. The largest absolute Gasteiger partial charge is 0.466 e. The van der Waals surface area contributed by atoms with Gasteiger partial charge in [-0.2, -0.15) is 13.2 Å². The Morgan fingerprint density at radius 1 is 1.25 bits per heavy atom. The van der Waals surface area contributed by atoms with Crippen LogP contribution in [0.5, 0.6) is 5.75 Å². The molecular weight excluding hydrogens is 296 g/mol. The Morgan fingerprint density at radius 3 is 2.56 bits per heavy atom. The van der Waals surface area contributed by atoms with Gasteiger partial charge in [0, 0.05) is 6.07 Å². The van der Waals surface area contributed by atoms with Gasteiger partial charge in [-0.1, -0.05) is 0 Å². The molecule has 0 saturated heterocycles. The van der Waals surface area contributed by atoms with Gasteiger partial charge in [0.2, 0.25) is 0 Å². The molecule has 0 radical (unpaired) electrons. The molecule has 1 aromatic rings. The van der Waals surface area contributed by atoms with Crippen molar-refractivity contribution >= 4 is 15.9 Å². The van der Waals surface area contributed by atoms with Gasteiger partial charge in [0.1, 0.15) is 18.2 Å². The van der Waals surface area contributed by atoms with E-state index in [0.717, 1.165) is 6.07 Å². The number of halogens is 5. The maximum Gasteiger partial charge on any atom is 0.411 e. The fraction of sp³-hybridized carbons (Fsp3) is 0.333. The second kappa shape index (κ2) is 5.49. The topological polar surface area (TPSA) is 18.5 Å². The van der Waals surface area contributed by atoms with E-state index in [1.807, 2.05) is 0 Å². The number of hydrogen-bond donors (Lipinski definition) is 0. The predicted octanol–water partition coefficient (Wildman–Crippen LogP) is 3.50. The minimum Gasteiger partial charge on any atom is -0.466 e. The molecule has 0 N–H and O–H groups in total. The minimum absolute atomic E-state index is 0.0853. The van der Waals surface area contributed by atoms with Crippen LogP contribution in [0.1, 0.15) is 0 Å². The van der Waals surface area contributed by atoms with Crippen LogP contribution in [0.2, 0.25) is 0 Å². The summed E-state index contributed by atoms with van der Waals surface area (Å²) in [5.74, 6) is -0.462. The van der Waals surface area contributed by atoms with Crippen molar-refractivity contribution in [1.29, 1.82) is 0 Å². The Labute approximate surface area is 97.3 Å². The van der Waals surface area contributed by atoms with Crippen molar-refractivity contribution in [3.05, 3.63) is 28.5 Å². The van der Waals surface area contributed by atoms with Crippen LogP contribution in [0.25, 0.3) is 0 Å². The van der Waals surface area contributed by atoms with Crippen molar-refractivity contribution in [3.63, 3.8) is 0 Å². The van der Waals surface area contributed by atoms with E-state index in [4.69, 9.17) is 4.74 Å². The zero-order valence-electron chi connectivity index (χ0n) is 7.85. The van der Waals surface area contributed by atoms with Gasteiger partial charge in [-0.15, -0.1) is 0 Å². The SMILES string of the molecule is Fc1ccc(Br)c(OCOCC(F)(F)F)c1. The lowest BCUT2D eigenvalue weighted by Crippen LogP contribution is -2.19. The van der Waals surface area contributed by atoms with E-state index < -0.39 is 25.4 Å². The molecule has 0 aromatic heterocycles. The quantitative estimate of drug-likeness (QED) is 0.481. The fourth-order valence-corrected chi connectivity index (χ4v) is 1.21. The summed E-state index contributed by atoms with van der Waals surface area (Å²) >= 11 is 3.05. The second-order valence-electron chi connectivity index (χ2n) is 2.80. The Bertz CT molecular complexity index is 354. The number of ether oxygens (including phenoxy) is 2. The lowest BCUT2D eigenvalue weighted by Gasteiger charge is -2.10. The predicted molar refractivity (Wildman–Crippen MR) is 51.6 cm³/mol. The van der Waals surface area contributed by atoms with Crippen LogP contribution < -0.4 is 4.74 Å². The summed E-state index contributed by atoms with van der Waals surface area (Å²) in [7, 11) is 0. The molecule has 90 valence electrons. The van der Waals surface area contributed by atoms with Gasteiger partial charge in [0.15, 0.2) is 6.79 Å². The van der Waals surface area contributed by atoms with Crippen LogP contribution in [0, 0.1) is 5.82 Å². The zero-order valence-corrected chi connectivity index (χ0v) is 9.44. The van der Waals surface area contributed by atoms with Crippen molar-refractivity contribution in [1.82, 2.24) is 0 Å². The van der Waals surface area contributed by atoms with E-state index >= 15 is 0 Å². The van der Waals surface area contributed by atoms with E-state index in [-0.39, 0.29) is 5.75 Å². The maximum atomic E-state index is 12.7. The number of alkyl halides is 3. The maximum absolute atomic E-state index is 12.7. The first-order valence-electron chi connectivity index (χ1n) is 4.11. The molecule has 0 aliphatic rings. The lowest BCUT2D eigenvalue weighted by atomic mass is 10.3. The first-order valence-corrected chi connectivity index (χ1v) is 4.90. The Hall–Kier alpha value is -0.820. The van der Waals surface area contributed by atoms with Gasteiger partial charge >= 0.3 is 6.18 Å². The highest BCUT2D eigenvalue weighted by Crippen LogP contribution is 2.25. The first-order chi connectivity index (χ1) is 7.38. The summed E-state index contributed by atoms with van der Waals surface area (Å²) in [6, 6.07) is 3.61. The van der Waals surface area contributed by atoms with E-state index in [1.165, 1.54) is 12.1 Å². The molecule has 0 unspecified atom stereocenters. The molecule has 1 aromatic carbocycles. The molecule has 2 nitrogen and oxygen atoms in total. The van der Waals surface area contributed by atoms with E-state index in [9.17, 15) is 17.6 Å². The summed E-state index contributed by atoms with van der Waals surface area (Å²) in [5.41, 5.74) is 0. The van der Waals surface area contributed by atoms with Crippen molar-refractivity contribution < 1.29 is 27.0 Å². The van der Waals surface area contributed by atoms with Crippen LogP contribution in [0.3, 0.4) is 0 Å². The molecule has 0 aliphatic carbocycles. The van der Waals surface area contributed by atoms with Crippen LogP contribution in [0.4, 0.5) is 17.6 Å². The number of rotatable bonds is 4. The third-order valence-electron chi connectivity index (χ3n) is 1.46. The summed E-state index contributed by atoms with van der Waals surface area (Å²) in [6.45, 7) is -2.00. The highest BCUT2D eigenvalue weighted by molar-refractivity contribution is 9.10. The molecule has 1 rings (SSSR count). The molecule has 16 heavy (non-hydrogen) atoms. The Kier molecular flexibility index (Phi) is 4.55. The molecule has 0 fully saturated rings. The summed E-state index contributed by atoms with van der Waals surface area (Å²) in [5, 5.41) is 0. The molecular formula is C9H7BrF4O2. The summed E-state index contributed by atoms with van der Waals surface area (Å²) < 4.78 is 57.2. The molecule has 0 spiro atoms. The molecule has 0 saturated carbocycles. The monoisotopic (exact) mass is 302 g/mol. The number of benzene rings is 1. The second-order valence-corrected chi connectivity index (χ2v) is 3.65. The third-order valence-corrected chi connectivity index (χ3v) is 2.11. The molecule has 0 heterocycles. The van der Waals surface area contributed by atoms with Gasteiger partial charge in [-0.3, -0.25) is 0 Å². The average molecular weight is 303 g/mol. The fourth-order valence-electron chi connectivity index (χ4n) is 0.850. The van der Waals surface area contributed by atoms with Gasteiger partial charge in [0.05, 0.1) is 4.47 Å². The Balaban J connectivity index is 2.40.